The molecule has 250 valence electrons. The molecule has 0 aliphatic rings. The molecule has 10 rings (SSSR count). The summed E-state index contributed by atoms with van der Waals surface area (Å²) in [6.07, 6.45) is 0. The number of nitrogens with zero attached hydrogens (tertiary/aromatic N) is 1. The van der Waals surface area contributed by atoms with Gasteiger partial charge in [0.15, 0.2) is 0 Å². The smallest absolute Gasteiger partial charge is 0.137 e. The van der Waals surface area contributed by atoms with Crippen molar-refractivity contribution in [2.24, 2.45) is 0 Å². The Kier molecular flexibility index (Phi) is 7.36. The number of rotatable bonds is 6. The van der Waals surface area contributed by atoms with Crippen molar-refractivity contribution in [3.63, 3.8) is 0 Å². The van der Waals surface area contributed by atoms with Gasteiger partial charge in [-0.15, -0.1) is 0 Å². The second kappa shape index (κ2) is 12.7. The SMILES string of the molecule is Fc1ccc(-c2cccc3cccc(-c4ccc(N(c5ccc6c(c5)oc5ccccc56)c5cccc6c(-c7ccccc7)cccc56)cc4)c23)cc1. The Hall–Kier alpha value is -6.97. The van der Waals surface area contributed by atoms with Crippen molar-refractivity contribution in [3.8, 4) is 33.4 Å². The Morgan fingerprint density at radius 3 is 1.72 bits per heavy atom. The van der Waals surface area contributed by atoms with Gasteiger partial charge in [0.25, 0.3) is 0 Å². The minimum absolute atomic E-state index is 0.240. The molecule has 0 saturated carbocycles. The minimum atomic E-state index is -0.240. The van der Waals surface area contributed by atoms with Crippen LogP contribution in [-0.4, -0.2) is 0 Å². The van der Waals surface area contributed by atoms with Crippen LogP contribution in [0.1, 0.15) is 0 Å². The Morgan fingerprint density at radius 1 is 0.377 bits per heavy atom. The monoisotopic (exact) mass is 681 g/mol. The summed E-state index contributed by atoms with van der Waals surface area (Å²) in [6.45, 7) is 0. The lowest BCUT2D eigenvalue weighted by Crippen LogP contribution is -2.10. The van der Waals surface area contributed by atoms with Crippen molar-refractivity contribution in [2.45, 2.75) is 0 Å². The molecule has 9 aromatic carbocycles. The van der Waals surface area contributed by atoms with Crippen molar-refractivity contribution in [1.82, 2.24) is 0 Å². The van der Waals surface area contributed by atoms with Gasteiger partial charge in [-0.2, -0.15) is 0 Å². The Balaban J connectivity index is 1.15. The van der Waals surface area contributed by atoms with E-state index in [0.29, 0.717) is 0 Å². The maximum Gasteiger partial charge on any atom is 0.137 e. The molecule has 0 bridgehead atoms. The predicted molar refractivity (Wildman–Crippen MR) is 220 cm³/mol. The molecule has 0 aliphatic carbocycles. The van der Waals surface area contributed by atoms with Crippen molar-refractivity contribution < 1.29 is 8.81 Å². The summed E-state index contributed by atoms with van der Waals surface area (Å²) in [5, 5.41) is 6.82. The van der Waals surface area contributed by atoms with E-state index in [1.165, 1.54) is 28.6 Å². The topological polar surface area (TPSA) is 16.4 Å². The van der Waals surface area contributed by atoms with Crippen LogP contribution in [0.15, 0.2) is 199 Å². The van der Waals surface area contributed by atoms with Gasteiger partial charge in [0.2, 0.25) is 0 Å². The summed E-state index contributed by atoms with van der Waals surface area (Å²) >= 11 is 0. The van der Waals surface area contributed by atoms with Crippen molar-refractivity contribution in [1.29, 1.82) is 0 Å². The van der Waals surface area contributed by atoms with E-state index < -0.39 is 0 Å². The summed E-state index contributed by atoms with van der Waals surface area (Å²) in [6, 6.07) is 66.8. The molecule has 0 spiro atoms. The third-order valence-electron chi connectivity index (χ3n) is 10.3. The zero-order chi connectivity index (χ0) is 35.3. The fourth-order valence-electron chi connectivity index (χ4n) is 7.88. The molecule has 10 aromatic rings. The molecule has 0 saturated heterocycles. The van der Waals surface area contributed by atoms with E-state index in [2.05, 4.69) is 163 Å². The quantitative estimate of drug-likeness (QED) is 0.174. The van der Waals surface area contributed by atoms with Gasteiger partial charge in [-0.25, -0.2) is 4.39 Å². The van der Waals surface area contributed by atoms with Crippen LogP contribution < -0.4 is 4.90 Å². The first-order valence-electron chi connectivity index (χ1n) is 17.9. The lowest BCUT2D eigenvalue weighted by molar-refractivity contribution is 0.628. The average Bonchev–Trinajstić information content (AvgIpc) is 3.59. The minimum Gasteiger partial charge on any atom is -0.456 e. The van der Waals surface area contributed by atoms with Crippen LogP contribution in [0.4, 0.5) is 21.5 Å². The van der Waals surface area contributed by atoms with Crippen LogP contribution in [0.3, 0.4) is 0 Å². The lowest BCUT2D eigenvalue weighted by Gasteiger charge is -2.27. The van der Waals surface area contributed by atoms with E-state index in [4.69, 9.17) is 4.42 Å². The van der Waals surface area contributed by atoms with E-state index in [1.54, 1.807) is 0 Å². The standard InChI is InChI=1S/C50H32FNO/c51-37-26-22-34(23-27-37)41-16-6-12-36-13-7-17-42(50(36)41)35-24-28-38(29-25-35)52(39-30-31-46-45-14-4-5-21-48(45)53-49(46)32-39)47-20-9-18-43-40(15-8-19-44(43)47)33-10-2-1-3-11-33/h1-32H. The van der Waals surface area contributed by atoms with E-state index in [-0.39, 0.29) is 5.82 Å². The Labute approximate surface area is 306 Å². The van der Waals surface area contributed by atoms with Gasteiger partial charge in [0.1, 0.15) is 17.0 Å². The molecule has 2 nitrogen and oxygen atoms in total. The van der Waals surface area contributed by atoms with Crippen molar-refractivity contribution in [2.75, 3.05) is 4.90 Å². The normalized spacial score (nSPS) is 11.5. The highest BCUT2D eigenvalue weighted by atomic mass is 19.1. The molecule has 1 aromatic heterocycles. The number of hydrogen-bond acceptors (Lipinski definition) is 2. The molecule has 0 unspecified atom stereocenters. The van der Waals surface area contributed by atoms with Crippen LogP contribution in [0, 0.1) is 5.82 Å². The predicted octanol–water partition coefficient (Wildman–Crippen LogP) is 14.5. The lowest BCUT2D eigenvalue weighted by atomic mass is 9.91. The molecular weight excluding hydrogens is 650 g/mol. The molecule has 53 heavy (non-hydrogen) atoms. The fraction of sp³-hybridized carbons (Fsp3) is 0. The van der Waals surface area contributed by atoms with Gasteiger partial charge in [-0.1, -0.05) is 140 Å². The third kappa shape index (κ3) is 5.33. The second-order valence-electron chi connectivity index (χ2n) is 13.4. The molecule has 0 N–H and O–H groups in total. The van der Waals surface area contributed by atoms with E-state index in [1.807, 2.05) is 24.3 Å². The van der Waals surface area contributed by atoms with Crippen LogP contribution in [0.2, 0.25) is 0 Å². The van der Waals surface area contributed by atoms with Gasteiger partial charge in [0, 0.05) is 33.6 Å². The van der Waals surface area contributed by atoms with Crippen molar-refractivity contribution >= 4 is 60.5 Å². The first kappa shape index (κ1) is 30.8. The van der Waals surface area contributed by atoms with Gasteiger partial charge >= 0.3 is 0 Å². The molecule has 0 atom stereocenters. The summed E-state index contributed by atoms with van der Waals surface area (Å²) in [4.78, 5) is 2.33. The van der Waals surface area contributed by atoms with Gasteiger partial charge in [-0.3, -0.25) is 0 Å². The van der Waals surface area contributed by atoms with Crippen molar-refractivity contribution in [3.05, 3.63) is 200 Å². The summed E-state index contributed by atoms with van der Waals surface area (Å²) in [7, 11) is 0. The summed E-state index contributed by atoms with van der Waals surface area (Å²) in [5.41, 5.74) is 11.5. The highest BCUT2D eigenvalue weighted by Gasteiger charge is 2.19. The number of benzene rings is 9. The summed E-state index contributed by atoms with van der Waals surface area (Å²) < 4.78 is 20.3. The Morgan fingerprint density at radius 2 is 0.943 bits per heavy atom. The second-order valence-corrected chi connectivity index (χ2v) is 13.4. The molecule has 0 aliphatic heterocycles. The van der Waals surface area contributed by atoms with Gasteiger partial charge in [-0.05, 0) is 98.1 Å². The highest BCUT2D eigenvalue weighted by Crippen LogP contribution is 2.44. The van der Waals surface area contributed by atoms with Crippen LogP contribution in [0.25, 0.3) is 76.9 Å². The number of halogens is 1. The fourth-order valence-corrected chi connectivity index (χ4v) is 7.88. The van der Waals surface area contributed by atoms with E-state index in [0.717, 1.165) is 77.4 Å². The zero-order valence-electron chi connectivity index (χ0n) is 28.7. The molecule has 1 heterocycles. The molecular formula is C50H32FNO. The average molecular weight is 682 g/mol. The van der Waals surface area contributed by atoms with Crippen LogP contribution >= 0.6 is 0 Å². The van der Waals surface area contributed by atoms with E-state index in [9.17, 15) is 4.39 Å². The number of hydrogen-bond donors (Lipinski definition) is 0. The van der Waals surface area contributed by atoms with Gasteiger partial charge < -0.3 is 9.32 Å². The molecule has 3 heteroatoms. The summed E-state index contributed by atoms with van der Waals surface area (Å²) in [5.74, 6) is -0.240. The molecule has 0 fully saturated rings. The largest absolute Gasteiger partial charge is 0.456 e. The first-order valence-corrected chi connectivity index (χ1v) is 17.9. The first-order chi connectivity index (χ1) is 26.2. The van der Waals surface area contributed by atoms with Crippen LogP contribution in [-0.2, 0) is 0 Å². The zero-order valence-corrected chi connectivity index (χ0v) is 28.7. The Bertz CT molecular complexity index is 2940. The molecule has 0 amide bonds. The number of furan rings is 1. The maximum atomic E-state index is 13.9. The highest BCUT2D eigenvalue weighted by molar-refractivity contribution is 6.09. The maximum absolute atomic E-state index is 13.9. The number of anilines is 3. The molecule has 0 radical (unpaired) electrons. The number of fused-ring (bicyclic) bond motifs is 5. The number of para-hydroxylation sites is 1. The third-order valence-corrected chi connectivity index (χ3v) is 10.3. The van der Waals surface area contributed by atoms with Crippen LogP contribution in [0.5, 0.6) is 0 Å². The van der Waals surface area contributed by atoms with E-state index >= 15 is 0 Å². The van der Waals surface area contributed by atoms with Gasteiger partial charge in [0.05, 0.1) is 5.69 Å².